The summed E-state index contributed by atoms with van der Waals surface area (Å²) in [7, 11) is -3.93. The standard InChI is InChI=1S/C25H28FN6O6P/c1-15-7-5-6-10-17(15)12-36-39(35,29-11-16-8-3-2-4-9-16)37-13-18-20(33)21(34)24(38-18)32-14-28-19-22(27)30-25(26)31-23(19)32/h2-10,14,18,20-21,24,33-34H,11-13H2,1H3,(H,29,35)(H2,27,30,31). The number of benzene rings is 2. The Morgan fingerprint density at radius 1 is 1.10 bits per heavy atom. The molecular weight excluding hydrogens is 530 g/mol. The first-order valence-electron chi connectivity index (χ1n) is 12.1. The number of aliphatic hydroxyl groups is 2. The van der Waals surface area contributed by atoms with E-state index < -0.39 is 38.4 Å². The molecule has 0 spiro atoms. The zero-order valence-electron chi connectivity index (χ0n) is 20.9. The van der Waals surface area contributed by atoms with Gasteiger partial charge in [-0.3, -0.25) is 13.6 Å². The molecule has 2 aromatic heterocycles. The predicted octanol–water partition coefficient (Wildman–Crippen LogP) is 2.61. The lowest BCUT2D eigenvalue weighted by molar-refractivity contribution is -0.0496. The minimum absolute atomic E-state index is 0.0127. The fourth-order valence-electron chi connectivity index (χ4n) is 4.20. The highest BCUT2D eigenvalue weighted by Gasteiger charge is 2.45. The van der Waals surface area contributed by atoms with E-state index in [1.165, 1.54) is 10.9 Å². The normalized spacial score (nSPS) is 22.8. The van der Waals surface area contributed by atoms with Crippen LogP contribution in [0.1, 0.15) is 22.9 Å². The molecule has 0 aliphatic carbocycles. The lowest BCUT2D eigenvalue weighted by Crippen LogP contribution is -2.34. The number of aliphatic hydroxyl groups excluding tert-OH is 2. The second kappa shape index (κ2) is 11.4. The molecule has 1 fully saturated rings. The van der Waals surface area contributed by atoms with Crippen molar-refractivity contribution >= 4 is 24.7 Å². The van der Waals surface area contributed by atoms with Crippen molar-refractivity contribution in [2.75, 3.05) is 12.3 Å². The Morgan fingerprint density at radius 3 is 2.62 bits per heavy atom. The minimum Gasteiger partial charge on any atom is -0.387 e. The Kier molecular flexibility index (Phi) is 8.01. The van der Waals surface area contributed by atoms with Gasteiger partial charge in [-0.2, -0.15) is 14.4 Å². The number of nitrogen functional groups attached to an aromatic ring is 1. The van der Waals surface area contributed by atoms with Gasteiger partial charge in [0, 0.05) is 6.54 Å². The van der Waals surface area contributed by atoms with Crippen molar-refractivity contribution in [1.82, 2.24) is 24.6 Å². The average molecular weight is 559 g/mol. The van der Waals surface area contributed by atoms with Gasteiger partial charge in [-0.1, -0.05) is 54.6 Å². The molecule has 5 unspecified atom stereocenters. The summed E-state index contributed by atoms with van der Waals surface area (Å²) >= 11 is 0. The quantitative estimate of drug-likeness (QED) is 0.167. The lowest BCUT2D eigenvalue weighted by atomic mass is 10.1. The van der Waals surface area contributed by atoms with Crippen LogP contribution in [0.2, 0.25) is 0 Å². The first kappa shape index (κ1) is 27.3. The van der Waals surface area contributed by atoms with Crippen LogP contribution < -0.4 is 10.8 Å². The van der Waals surface area contributed by atoms with Crippen molar-refractivity contribution in [3.05, 3.63) is 83.7 Å². The minimum atomic E-state index is -3.93. The van der Waals surface area contributed by atoms with E-state index in [9.17, 15) is 19.2 Å². The van der Waals surface area contributed by atoms with Crippen molar-refractivity contribution in [2.24, 2.45) is 0 Å². The molecule has 1 aliphatic heterocycles. The number of nitrogens with zero attached hydrogens (tertiary/aromatic N) is 4. The van der Waals surface area contributed by atoms with Crippen molar-refractivity contribution in [3.8, 4) is 0 Å². The molecule has 5 rings (SSSR count). The molecule has 0 radical (unpaired) electrons. The third-order valence-electron chi connectivity index (χ3n) is 6.41. The smallest absolute Gasteiger partial charge is 0.387 e. The molecule has 5 atom stereocenters. The maximum absolute atomic E-state index is 13.8. The highest BCUT2D eigenvalue weighted by atomic mass is 31.2. The van der Waals surface area contributed by atoms with E-state index in [4.69, 9.17) is 19.5 Å². The zero-order chi connectivity index (χ0) is 27.6. The topological polar surface area (TPSA) is 167 Å². The number of rotatable bonds is 10. The first-order valence-corrected chi connectivity index (χ1v) is 13.7. The van der Waals surface area contributed by atoms with Gasteiger partial charge in [-0.25, -0.2) is 14.6 Å². The molecule has 2 aromatic carbocycles. The van der Waals surface area contributed by atoms with Gasteiger partial charge < -0.3 is 20.7 Å². The van der Waals surface area contributed by atoms with Crippen LogP contribution in [-0.2, 0) is 31.5 Å². The number of nitrogens with one attached hydrogen (secondary N) is 1. The van der Waals surface area contributed by atoms with Crippen LogP contribution in [0.4, 0.5) is 10.2 Å². The van der Waals surface area contributed by atoms with E-state index in [1.54, 1.807) is 0 Å². The number of anilines is 1. The maximum atomic E-state index is 13.8. The zero-order valence-corrected chi connectivity index (χ0v) is 21.8. The molecule has 14 heteroatoms. The lowest BCUT2D eigenvalue weighted by Gasteiger charge is -2.22. The second-order valence-corrected chi connectivity index (χ2v) is 10.9. The van der Waals surface area contributed by atoms with Crippen LogP contribution in [-0.4, -0.2) is 54.7 Å². The Hall–Kier alpha value is -3.29. The summed E-state index contributed by atoms with van der Waals surface area (Å²) in [6, 6.07) is 16.8. The van der Waals surface area contributed by atoms with E-state index in [2.05, 4.69) is 20.0 Å². The third kappa shape index (κ3) is 5.99. The molecule has 206 valence electrons. The Bertz CT molecular complexity index is 1490. The van der Waals surface area contributed by atoms with Gasteiger partial charge in [0.25, 0.3) is 0 Å². The molecule has 4 aromatic rings. The molecule has 0 bridgehead atoms. The van der Waals surface area contributed by atoms with Gasteiger partial charge in [0.05, 0.1) is 19.5 Å². The largest absolute Gasteiger partial charge is 0.406 e. The van der Waals surface area contributed by atoms with Crippen molar-refractivity contribution < 1.29 is 33.0 Å². The van der Waals surface area contributed by atoms with Crippen molar-refractivity contribution in [2.45, 2.75) is 44.6 Å². The number of halogens is 1. The Morgan fingerprint density at radius 2 is 1.85 bits per heavy atom. The number of hydrogen-bond acceptors (Lipinski definition) is 10. The molecule has 1 saturated heterocycles. The monoisotopic (exact) mass is 558 g/mol. The number of ether oxygens (including phenoxy) is 1. The van der Waals surface area contributed by atoms with E-state index in [0.29, 0.717) is 0 Å². The molecule has 0 saturated carbocycles. The Labute approximate surface area is 223 Å². The molecule has 3 heterocycles. The number of nitrogens with two attached hydrogens (primary N) is 1. The van der Waals surface area contributed by atoms with Crippen molar-refractivity contribution in [3.63, 3.8) is 0 Å². The summed E-state index contributed by atoms with van der Waals surface area (Å²) in [5, 5.41) is 24.2. The molecule has 5 N–H and O–H groups in total. The first-order chi connectivity index (χ1) is 18.7. The summed E-state index contributed by atoms with van der Waals surface area (Å²) < 4.78 is 46.1. The fraction of sp³-hybridized carbons (Fsp3) is 0.320. The third-order valence-corrected chi connectivity index (χ3v) is 7.92. The van der Waals surface area contributed by atoms with Gasteiger partial charge in [0.2, 0.25) is 0 Å². The fourth-order valence-corrected chi connectivity index (χ4v) is 5.49. The molecule has 39 heavy (non-hydrogen) atoms. The summed E-state index contributed by atoms with van der Waals surface area (Å²) in [6.45, 7) is 1.73. The number of fused-ring (bicyclic) bond motifs is 1. The van der Waals surface area contributed by atoms with Crippen LogP contribution in [0.25, 0.3) is 11.2 Å². The molecule has 0 amide bonds. The SMILES string of the molecule is Cc1ccccc1COP(=O)(NCc1ccccc1)OCC1OC(n2cnc3c(N)nc(F)nc32)C(O)C1O. The van der Waals surface area contributed by atoms with Crippen LogP contribution >= 0.6 is 7.75 Å². The maximum Gasteiger partial charge on any atom is 0.406 e. The van der Waals surface area contributed by atoms with Crippen LogP contribution in [0.3, 0.4) is 0 Å². The van der Waals surface area contributed by atoms with E-state index >= 15 is 0 Å². The highest BCUT2D eigenvalue weighted by Crippen LogP contribution is 2.46. The second-order valence-electron chi connectivity index (χ2n) is 9.06. The van der Waals surface area contributed by atoms with Crippen LogP contribution in [0, 0.1) is 13.0 Å². The predicted molar refractivity (Wildman–Crippen MR) is 138 cm³/mol. The van der Waals surface area contributed by atoms with Crippen LogP contribution in [0.15, 0.2) is 60.9 Å². The number of imidazole rings is 1. The number of aromatic nitrogens is 4. The highest BCUT2D eigenvalue weighted by molar-refractivity contribution is 7.51. The Balaban J connectivity index is 1.31. The van der Waals surface area contributed by atoms with Crippen LogP contribution in [0.5, 0.6) is 0 Å². The summed E-state index contributed by atoms with van der Waals surface area (Å²) in [5.41, 5.74) is 8.45. The average Bonchev–Trinajstić information content (AvgIpc) is 3.47. The van der Waals surface area contributed by atoms with E-state index in [0.717, 1.165) is 16.7 Å². The summed E-state index contributed by atoms with van der Waals surface area (Å²) in [4.78, 5) is 11.2. The number of aryl methyl sites for hydroxylation is 1. The number of hydrogen-bond donors (Lipinski definition) is 4. The van der Waals surface area contributed by atoms with E-state index in [1.807, 2.05) is 61.5 Å². The summed E-state index contributed by atoms with van der Waals surface area (Å²) in [6.07, 6.45) is -5.03. The summed E-state index contributed by atoms with van der Waals surface area (Å²) in [5.74, 6) is -0.180. The van der Waals surface area contributed by atoms with E-state index in [-0.39, 0.29) is 36.7 Å². The van der Waals surface area contributed by atoms with Gasteiger partial charge in [-0.05, 0) is 23.6 Å². The van der Waals surface area contributed by atoms with Crippen molar-refractivity contribution in [1.29, 1.82) is 0 Å². The molecule has 12 nitrogen and oxygen atoms in total. The van der Waals surface area contributed by atoms with Gasteiger partial charge >= 0.3 is 13.8 Å². The molecular formula is C25H28FN6O6P. The van der Waals surface area contributed by atoms with Gasteiger partial charge in [-0.15, -0.1) is 0 Å². The van der Waals surface area contributed by atoms with Gasteiger partial charge in [0.15, 0.2) is 23.2 Å². The van der Waals surface area contributed by atoms with Gasteiger partial charge in [0.1, 0.15) is 18.3 Å². The molecule has 1 aliphatic rings.